The number of hydrogen-bond donors (Lipinski definition) is 0. The standard InChI is InChI=1S/C15H13N3O/c1-10-7-13(12-5-3-4-6-14(12)17-10)15(19)11-8-16-18(2)9-11/h3-9H,1-2H3. The van der Waals surface area contributed by atoms with Crippen LogP contribution in [0, 0.1) is 6.92 Å². The van der Waals surface area contributed by atoms with Crippen LogP contribution in [0.2, 0.25) is 0 Å². The molecular formula is C15H13N3O. The summed E-state index contributed by atoms with van der Waals surface area (Å²) < 4.78 is 1.63. The fourth-order valence-corrected chi connectivity index (χ4v) is 2.19. The molecule has 2 aromatic heterocycles. The molecule has 0 N–H and O–H groups in total. The number of para-hydroxylation sites is 1. The summed E-state index contributed by atoms with van der Waals surface area (Å²) in [6.45, 7) is 1.90. The summed E-state index contributed by atoms with van der Waals surface area (Å²) in [5.74, 6) is -0.0187. The SMILES string of the molecule is Cc1cc(C(=O)c2cnn(C)c2)c2ccccc2n1. The van der Waals surface area contributed by atoms with Crippen LogP contribution in [0.4, 0.5) is 0 Å². The lowest BCUT2D eigenvalue weighted by atomic mass is 10.0. The van der Waals surface area contributed by atoms with Gasteiger partial charge in [0, 0.05) is 29.9 Å². The van der Waals surface area contributed by atoms with Gasteiger partial charge in [0.05, 0.1) is 17.3 Å². The monoisotopic (exact) mass is 251 g/mol. The van der Waals surface area contributed by atoms with E-state index < -0.39 is 0 Å². The molecule has 0 aliphatic carbocycles. The molecule has 0 aliphatic rings. The van der Waals surface area contributed by atoms with Crippen LogP contribution in [-0.2, 0) is 7.05 Å². The van der Waals surface area contributed by atoms with Crippen LogP contribution >= 0.6 is 0 Å². The quantitative estimate of drug-likeness (QED) is 0.657. The maximum Gasteiger partial charge on any atom is 0.196 e. The zero-order valence-corrected chi connectivity index (χ0v) is 10.8. The minimum Gasteiger partial charge on any atom is -0.288 e. The molecule has 94 valence electrons. The summed E-state index contributed by atoms with van der Waals surface area (Å²) in [7, 11) is 1.80. The Bertz CT molecular complexity index is 774. The van der Waals surface area contributed by atoms with E-state index in [0.717, 1.165) is 16.6 Å². The van der Waals surface area contributed by atoms with Gasteiger partial charge >= 0.3 is 0 Å². The molecule has 0 radical (unpaired) electrons. The predicted octanol–water partition coefficient (Wildman–Crippen LogP) is 2.51. The van der Waals surface area contributed by atoms with Gasteiger partial charge in [0.1, 0.15) is 0 Å². The molecule has 4 heteroatoms. The number of aryl methyl sites for hydroxylation is 2. The zero-order chi connectivity index (χ0) is 13.4. The van der Waals surface area contributed by atoms with Crippen LogP contribution in [-0.4, -0.2) is 20.5 Å². The molecule has 0 saturated carbocycles. The Morgan fingerprint density at radius 1 is 1.26 bits per heavy atom. The van der Waals surface area contributed by atoms with Crippen molar-refractivity contribution >= 4 is 16.7 Å². The number of carbonyl (C=O) groups is 1. The Balaban J connectivity index is 2.22. The van der Waals surface area contributed by atoms with Crippen molar-refractivity contribution in [1.82, 2.24) is 14.8 Å². The van der Waals surface area contributed by atoms with Crippen molar-refractivity contribution < 1.29 is 4.79 Å². The Hall–Kier alpha value is -2.49. The van der Waals surface area contributed by atoms with Gasteiger partial charge in [-0.1, -0.05) is 18.2 Å². The third-order valence-corrected chi connectivity index (χ3v) is 3.06. The molecule has 4 nitrogen and oxygen atoms in total. The van der Waals surface area contributed by atoms with Crippen LogP contribution in [0.25, 0.3) is 10.9 Å². The molecular weight excluding hydrogens is 238 g/mol. The second-order valence-electron chi connectivity index (χ2n) is 4.56. The Labute approximate surface area is 110 Å². The Kier molecular flexibility index (Phi) is 2.63. The largest absolute Gasteiger partial charge is 0.288 e. The summed E-state index contributed by atoms with van der Waals surface area (Å²) in [5.41, 5.74) is 2.95. The van der Waals surface area contributed by atoms with Gasteiger partial charge in [0.25, 0.3) is 0 Å². The first-order valence-corrected chi connectivity index (χ1v) is 6.05. The fourth-order valence-electron chi connectivity index (χ4n) is 2.19. The fraction of sp³-hybridized carbons (Fsp3) is 0.133. The smallest absolute Gasteiger partial charge is 0.196 e. The second-order valence-corrected chi connectivity index (χ2v) is 4.56. The van der Waals surface area contributed by atoms with Gasteiger partial charge in [-0.3, -0.25) is 14.5 Å². The van der Waals surface area contributed by atoms with E-state index >= 15 is 0 Å². The van der Waals surface area contributed by atoms with E-state index in [0.29, 0.717) is 11.1 Å². The average Bonchev–Trinajstić information content (AvgIpc) is 2.83. The van der Waals surface area contributed by atoms with Gasteiger partial charge < -0.3 is 0 Å². The molecule has 0 aliphatic heterocycles. The average molecular weight is 251 g/mol. The number of fused-ring (bicyclic) bond motifs is 1. The van der Waals surface area contributed by atoms with E-state index in [1.54, 1.807) is 24.1 Å². The molecule has 1 aromatic carbocycles. The van der Waals surface area contributed by atoms with Gasteiger partial charge in [-0.2, -0.15) is 5.10 Å². The number of rotatable bonds is 2. The first-order valence-electron chi connectivity index (χ1n) is 6.05. The Morgan fingerprint density at radius 2 is 2.05 bits per heavy atom. The Morgan fingerprint density at radius 3 is 2.79 bits per heavy atom. The molecule has 3 rings (SSSR count). The highest BCUT2D eigenvalue weighted by atomic mass is 16.1. The van der Waals surface area contributed by atoms with Crippen LogP contribution in [0.1, 0.15) is 21.6 Å². The van der Waals surface area contributed by atoms with Crippen molar-refractivity contribution in [2.75, 3.05) is 0 Å². The number of hydrogen-bond acceptors (Lipinski definition) is 3. The molecule has 0 saturated heterocycles. The maximum atomic E-state index is 12.5. The number of nitrogens with zero attached hydrogens (tertiary/aromatic N) is 3. The number of carbonyl (C=O) groups excluding carboxylic acids is 1. The van der Waals surface area contributed by atoms with Crippen molar-refractivity contribution in [1.29, 1.82) is 0 Å². The third kappa shape index (κ3) is 2.01. The van der Waals surface area contributed by atoms with Crippen molar-refractivity contribution in [3.8, 4) is 0 Å². The lowest BCUT2D eigenvalue weighted by Crippen LogP contribution is -2.03. The van der Waals surface area contributed by atoms with E-state index in [1.807, 2.05) is 37.3 Å². The summed E-state index contributed by atoms with van der Waals surface area (Å²) in [5, 5.41) is 4.92. The van der Waals surface area contributed by atoms with Crippen molar-refractivity contribution in [3.63, 3.8) is 0 Å². The first kappa shape index (κ1) is 11.6. The summed E-state index contributed by atoms with van der Waals surface area (Å²) >= 11 is 0. The highest BCUT2D eigenvalue weighted by molar-refractivity contribution is 6.15. The van der Waals surface area contributed by atoms with Crippen molar-refractivity contribution in [2.24, 2.45) is 7.05 Å². The molecule has 2 heterocycles. The van der Waals surface area contributed by atoms with E-state index in [9.17, 15) is 4.79 Å². The number of pyridine rings is 1. The van der Waals surface area contributed by atoms with Crippen LogP contribution in [0.15, 0.2) is 42.7 Å². The first-order chi connectivity index (χ1) is 9.15. The van der Waals surface area contributed by atoms with Crippen LogP contribution in [0.5, 0.6) is 0 Å². The highest BCUT2D eigenvalue weighted by Crippen LogP contribution is 2.21. The number of benzene rings is 1. The predicted molar refractivity (Wildman–Crippen MR) is 73.1 cm³/mol. The lowest BCUT2D eigenvalue weighted by Gasteiger charge is -2.05. The van der Waals surface area contributed by atoms with Gasteiger partial charge in [0.2, 0.25) is 0 Å². The normalized spacial score (nSPS) is 10.8. The van der Waals surface area contributed by atoms with Gasteiger partial charge in [0.15, 0.2) is 5.78 Å². The highest BCUT2D eigenvalue weighted by Gasteiger charge is 2.15. The topological polar surface area (TPSA) is 47.8 Å². The molecule has 0 spiro atoms. The molecule has 19 heavy (non-hydrogen) atoms. The molecule has 0 fully saturated rings. The zero-order valence-electron chi connectivity index (χ0n) is 10.8. The van der Waals surface area contributed by atoms with Gasteiger partial charge in [-0.15, -0.1) is 0 Å². The van der Waals surface area contributed by atoms with Crippen molar-refractivity contribution in [2.45, 2.75) is 6.92 Å². The number of ketones is 1. The molecule has 0 unspecified atom stereocenters. The summed E-state index contributed by atoms with van der Waals surface area (Å²) in [6, 6.07) is 9.51. The third-order valence-electron chi connectivity index (χ3n) is 3.06. The molecule has 0 amide bonds. The van der Waals surface area contributed by atoms with Gasteiger partial charge in [-0.25, -0.2) is 0 Å². The maximum absolute atomic E-state index is 12.5. The molecule has 0 atom stereocenters. The lowest BCUT2D eigenvalue weighted by molar-refractivity contribution is 0.104. The van der Waals surface area contributed by atoms with E-state index in [2.05, 4.69) is 10.1 Å². The summed E-state index contributed by atoms with van der Waals surface area (Å²) in [4.78, 5) is 17.0. The van der Waals surface area contributed by atoms with E-state index in [4.69, 9.17) is 0 Å². The van der Waals surface area contributed by atoms with Gasteiger partial charge in [-0.05, 0) is 19.1 Å². The molecule has 3 aromatic rings. The molecule has 0 bridgehead atoms. The minimum absolute atomic E-state index is 0.0187. The van der Waals surface area contributed by atoms with Crippen LogP contribution in [0.3, 0.4) is 0 Å². The van der Waals surface area contributed by atoms with Crippen molar-refractivity contribution in [3.05, 3.63) is 59.5 Å². The minimum atomic E-state index is -0.0187. The number of aromatic nitrogens is 3. The summed E-state index contributed by atoms with van der Waals surface area (Å²) in [6.07, 6.45) is 3.32. The van der Waals surface area contributed by atoms with E-state index in [1.165, 1.54) is 0 Å². The van der Waals surface area contributed by atoms with Crippen LogP contribution < -0.4 is 0 Å². The van der Waals surface area contributed by atoms with E-state index in [-0.39, 0.29) is 5.78 Å². The second kappa shape index (κ2) is 4.31.